The number of pyridine rings is 1. The van der Waals surface area contributed by atoms with Gasteiger partial charge in [-0.15, -0.1) is 0 Å². The molecule has 0 spiro atoms. The Balaban J connectivity index is 2.18. The fraction of sp³-hybridized carbons (Fsp3) is 0.133. The minimum Gasteiger partial charge on any atom is -0.404 e. The second-order valence-electron chi connectivity index (χ2n) is 4.65. The first kappa shape index (κ1) is 14.5. The highest BCUT2D eigenvalue weighted by molar-refractivity contribution is 6.25. The lowest BCUT2D eigenvalue weighted by Gasteiger charge is -2.17. The van der Waals surface area contributed by atoms with Crippen molar-refractivity contribution in [2.24, 2.45) is 10.7 Å². The molecule has 0 saturated carbocycles. The Morgan fingerprint density at radius 2 is 2.19 bits per heavy atom. The Labute approximate surface area is 123 Å². The molecule has 1 aliphatic heterocycles. The number of hydrogen-bond donors (Lipinski definition) is 3. The number of amides is 1. The molecule has 0 aliphatic carbocycles. The first-order valence-electron chi connectivity index (χ1n) is 6.39. The van der Waals surface area contributed by atoms with Crippen LogP contribution in [0.2, 0.25) is 0 Å². The van der Waals surface area contributed by atoms with Crippen molar-refractivity contribution in [3.8, 4) is 0 Å². The van der Waals surface area contributed by atoms with Crippen molar-refractivity contribution in [1.29, 1.82) is 0 Å². The summed E-state index contributed by atoms with van der Waals surface area (Å²) in [6.07, 6.45) is 4.66. The maximum Gasteiger partial charge on any atom is 0.262 e. The Bertz CT molecular complexity index is 668. The number of aromatic nitrogens is 1. The SMILES string of the molecule is C=C1C=C(C)N=C(C(=CN)C(=O)Nc2ccc(C)cn2)N1. The molecular weight excluding hydrogens is 266 g/mol. The van der Waals surface area contributed by atoms with Gasteiger partial charge in [-0.25, -0.2) is 9.98 Å². The topological polar surface area (TPSA) is 92.4 Å². The van der Waals surface area contributed by atoms with Gasteiger partial charge >= 0.3 is 0 Å². The van der Waals surface area contributed by atoms with Gasteiger partial charge in [0.15, 0.2) is 0 Å². The Hall–Kier alpha value is -2.89. The normalized spacial score (nSPS) is 15.0. The molecule has 0 saturated heterocycles. The number of hydrogen-bond acceptors (Lipinski definition) is 5. The minimum atomic E-state index is -0.386. The van der Waals surface area contributed by atoms with Crippen molar-refractivity contribution in [3.05, 3.63) is 59.7 Å². The van der Waals surface area contributed by atoms with Crippen LogP contribution in [0.3, 0.4) is 0 Å². The summed E-state index contributed by atoms with van der Waals surface area (Å²) in [5.74, 6) is 0.433. The Kier molecular flexibility index (Phi) is 4.18. The third-order valence-corrected chi connectivity index (χ3v) is 2.77. The van der Waals surface area contributed by atoms with E-state index in [0.29, 0.717) is 17.4 Å². The molecule has 0 atom stereocenters. The van der Waals surface area contributed by atoms with Crippen molar-refractivity contribution in [2.45, 2.75) is 13.8 Å². The summed E-state index contributed by atoms with van der Waals surface area (Å²) >= 11 is 0. The molecule has 21 heavy (non-hydrogen) atoms. The molecule has 1 aromatic rings. The number of nitrogens with two attached hydrogens (primary N) is 1. The van der Waals surface area contributed by atoms with Crippen molar-refractivity contribution < 1.29 is 4.79 Å². The molecule has 108 valence electrons. The second kappa shape index (κ2) is 6.04. The Morgan fingerprint density at radius 1 is 1.43 bits per heavy atom. The van der Waals surface area contributed by atoms with Crippen LogP contribution in [-0.2, 0) is 4.79 Å². The van der Waals surface area contributed by atoms with E-state index in [4.69, 9.17) is 5.73 Å². The molecule has 0 radical (unpaired) electrons. The largest absolute Gasteiger partial charge is 0.404 e. The number of aliphatic imine (C=N–C) groups is 1. The van der Waals surface area contributed by atoms with E-state index in [1.165, 1.54) is 6.20 Å². The van der Waals surface area contributed by atoms with Gasteiger partial charge in [0.25, 0.3) is 5.91 Å². The molecule has 6 nitrogen and oxygen atoms in total. The van der Waals surface area contributed by atoms with Crippen LogP contribution < -0.4 is 16.4 Å². The highest BCUT2D eigenvalue weighted by Gasteiger charge is 2.19. The molecule has 1 amide bonds. The fourth-order valence-electron chi connectivity index (χ4n) is 1.79. The second-order valence-corrected chi connectivity index (χ2v) is 4.65. The number of anilines is 1. The van der Waals surface area contributed by atoms with Gasteiger partial charge in [-0.05, 0) is 31.6 Å². The van der Waals surface area contributed by atoms with Crippen LogP contribution in [0.25, 0.3) is 0 Å². The van der Waals surface area contributed by atoms with E-state index in [1.54, 1.807) is 18.3 Å². The number of carbonyl (C=O) groups excluding carboxylic acids is 1. The standard InChI is InChI=1S/C15H17N5O/c1-9-4-5-13(17-8-9)20-15(21)12(7-16)14-18-10(2)6-11(3)19-14/h4-8H,2,16H2,1,3H3,(H,18,19)(H,17,20,21). The van der Waals surface area contributed by atoms with Gasteiger partial charge < -0.3 is 16.4 Å². The van der Waals surface area contributed by atoms with Gasteiger partial charge in [0, 0.05) is 23.8 Å². The van der Waals surface area contributed by atoms with Gasteiger partial charge in [0.1, 0.15) is 11.7 Å². The van der Waals surface area contributed by atoms with E-state index >= 15 is 0 Å². The number of aryl methyl sites for hydroxylation is 1. The van der Waals surface area contributed by atoms with Gasteiger partial charge in [0.2, 0.25) is 0 Å². The Morgan fingerprint density at radius 3 is 2.76 bits per heavy atom. The highest BCUT2D eigenvalue weighted by atomic mass is 16.1. The summed E-state index contributed by atoms with van der Waals surface area (Å²) < 4.78 is 0. The fourth-order valence-corrected chi connectivity index (χ4v) is 1.79. The molecule has 2 rings (SSSR count). The van der Waals surface area contributed by atoms with Crippen LogP contribution in [0.5, 0.6) is 0 Å². The van der Waals surface area contributed by atoms with Crippen molar-refractivity contribution in [3.63, 3.8) is 0 Å². The maximum atomic E-state index is 12.3. The number of carbonyl (C=O) groups is 1. The molecule has 6 heteroatoms. The molecule has 0 fully saturated rings. The van der Waals surface area contributed by atoms with Crippen LogP contribution >= 0.6 is 0 Å². The van der Waals surface area contributed by atoms with Crippen molar-refractivity contribution in [2.75, 3.05) is 5.32 Å². The molecule has 1 aliphatic rings. The van der Waals surface area contributed by atoms with Crippen molar-refractivity contribution >= 4 is 17.6 Å². The lowest BCUT2D eigenvalue weighted by Crippen LogP contribution is -2.33. The average molecular weight is 283 g/mol. The molecular formula is C15H17N5O. The van der Waals surface area contributed by atoms with Gasteiger partial charge in [-0.3, -0.25) is 4.79 Å². The predicted octanol–water partition coefficient (Wildman–Crippen LogP) is 1.59. The predicted molar refractivity (Wildman–Crippen MR) is 83.3 cm³/mol. The van der Waals surface area contributed by atoms with Gasteiger partial charge in [-0.2, -0.15) is 0 Å². The summed E-state index contributed by atoms with van der Waals surface area (Å²) in [5.41, 5.74) is 8.20. The van der Waals surface area contributed by atoms with Crippen LogP contribution in [0.15, 0.2) is 59.1 Å². The highest BCUT2D eigenvalue weighted by Crippen LogP contribution is 2.12. The molecule has 0 aromatic carbocycles. The summed E-state index contributed by atoms with van der Waals surface area (Å²) in [6, 6.07) is 3.58. The minimum absolute atomic E-state index is 0.228. The summed E-state index contributed by atoms with van der Waals surface area (Å²) in [6.45, 7) is 7.55. The average Bonchev–Trinajstić information content (AvgIpc) is 2.41. The molecule has 4 N–H and O–H groups in total. The molecule has 1 aromatic heterocycles. The molecule has 0 unspecified atom stereocenters. The quantitative estimate of drug-likeness (QED) is 0.734. The lowest BCUT2D eigenvalue weighted by molar-refractivity contribution is -0.112. The van der Waals surface area contributed by atoms with Crippen molar-refractivity contribution in [1.82, 2.24) is 10.3 Å². The van der Waals surface area contributed by atoms with E-state index in [9.17, 15) is 4.79 Å². The van der Waals surface area contributed by atoms with E-state index in [2.05, 4.69) is 27.2 Å². The zero-order chi connectivity index (χ0) is 15.4. The van der Waals surface area contributed by atoms with Crippen LogP contribution in [0.4, 0.5) is 5.82 Å². The third kappa shape index (κ3) is 3.56. The number of nitrogens with zero attached hydrogens (tertiary/aromatic N) is 2. The zero-order valence-corrected chi connectivity index (χ0v) is 12.0. The lowest BCUT2D eigenvalue weighted by atomic mass is 10.2. The van der Waals surface area contributed by atoms with E-state index in [0.717, 1.165) is 11.3 Å². The van der Waals surface area contributed by atoms with E-state index in [1.807, 2.05) is 19.9 Å². The molecule has 0 bridgehead atoms. The number of allylic oxidation sites excluding steroid dienone is 2. The van der Waals surface area contributed by atoms with E-state index in [-0.39, 0.29) is 11.5 Å². The maximum absolute atomic E-state index is 12.3. The first-order valence-corrected chi connectivity index (χ1v) is 6.39. The van der Waals surface area contributed by atoms with Gasteiger partial charge in [0.05, 0.1) is 5.57 Å². The zero-order valence-electron chi connectivity index (χ0n) is 12.0. The first-order chi connectivity index (χ1) is 9.99. The number of amidine groups is 1. The van der Waals surface area contributed by atoms with Crippen LogP contribution in [0, 0.1) is 6.92 Å². The summed E-state index contributed by atoms with van der Waals surface area (Å²) in [4.78, 5) is 20.6. The van der Waals surface area contributed by atoms with Crippen LogP contribution in [-0.4, -0.2) is 16.7 Å². The molecule has 2 heterocycles. The van der Waals surface area contributed by atoms with Gasteiger partial charge in [-0.1, -0.05) is 12.6 Å². The summed E-state index contributed by atoms with van der Waals surface area (Å²) in [5, 5.41) is 5.60. The number of rotatable bonds is 3. The number of nitrogens with one attached hydrogen (secondary N) is 2. The third-order valence-electron chi connectivity index (χ3n) is 2.77. The smallest absolute Gasteiger partial charge is 0.262 e. The van der Waals surface area contributed by atoms with Crippen LogP contribution in [0.1, 0.15) is 12.5 Å². The van der Waals surface area contributed by atoms with E-state index < -0.39 is 0 Å². The summed E-state index contributed by atoms with van der Waals surface area (Å²) in [7, 11) is 0. The monoisotopic (exact) mass is 283 g/mol.